The number of carbonyl (C=O) groups is 1. The summed E-state index contributed by atoms with van der Waals surface area (Å²) in [5.41, 5.74) is 2.92. The molecule has 2 aromatic carbocycles. The van der Waals surface area contributed by atoms with E-state index in [2.05, 4.69) is 12.2 Å². The molecule has 1 aliphatic heterocycles. The normalized spacial score (nSPS) is 15.7. The van der Waals surface area contributed by atoms with Gasteiger partial charge in [0.1, 0.15) is 5.75 Å². The Kier molecular flexibility index (Phi) is 6.22. The lowest BCUT2D eigenvalue weighted by Crippen LogP contribution is -2.23. The molecule has 1 aliphatic rings. The summed E-state index contributed by atoms with van der Waals surface area (Å²) in [6.45, 7) is 7.75. The first-order valence-corrected chi connectivity index (χ1v) is 9.62. The van der Waals surface area contributed by atoms with E-state index in [1.807, 2.05) is 50.2 Å². The molecule has 0 bridgehead atoms. The van der Waals surface area contributed by atoms with Crippen molar-refractivity contribution in [2.75, 3.05) is 25.1 Å². The Hall–Kier alpha value is -2.69. The molecule has 0 aromatic heterocycles. The van der Waals surface area contributed by atoms with Crippen molar-refractivity contribution in [3.8, 4) is 17.2 Å². The van der Waals surface area contributed by atoms with Crippen LogP contribution >= 0.6 is 0 Å². The molecule has 0 unspecified atom stereocenters. The van der Waals surface area contributed by atoms with Gasteiger partial charge in [-0.15, -0.1) is 0 Å². The van der Waals surface area contributed by atoms with Crippen LogP contribution in [0.3, 0.4) is 0 Å². The lowest BCUT2D eigenvalue weighted by molar-refractivity contribution is -0.116. The zero-order chi connectivity index (χ0) is 19.2. The minimum absolute atomic E-state index is 0.00502. The van der Waals surface area contributed by atoms with Crippen molar-refractivity contribution >= 4 is 11.6 Å². The SMILES string of the molecule is CCCOc1ccc([C@H]2CC(=O)Nc3cc(OCC)c(OCC)cc32)cc1. The molecule has 0 saturated carbocycles. The zero-order valence-corrected chi connectivity index (χ0v) is 16.2. The van der Waals surface area contributed by atoms with Gasteiger partial charge in [0.15, 0.2) is 11.5 Å². The molecule has 2 aromatic rings. The van der Waals surface area contributed by atoms with Gasteiger partial charge in [0, 0.05) is 24.1 Å². The van der Waals surface area contributed by atoms with E-state index >= 15 is 0 Å². The fourth-order valence-electron chi connectivity index (χ4n) is 3.32. The van der Waals surface area contributed by atoms with Crippen molar-refractivity contribution in [1.29, 1.82) is 0 Å². The molecule has 0 saturated heterocycles. The first-order valence-electron chi connectivity index (χ1n) is 9.62. The van der Waals surface area contributed by atoms with E-state index in [1.54, 1.807) is 0 Å². The molecule has 1 heterocycles. The Morgan fingerprint density at radius 3 is 2.26 bits per heavy atom. The lowest BCUT2D eigenvalue weighted by atomic mass is 9.84. The van der Waals surface area contributed by atoms with Crippen molar-refractivity contribution in [1.82, 2.24) is 0 Å². The number of benzene rings is 2. The van der Waals surface area contributed by atoms with Crippen LogP contribution in [0.1, 0.15) is 50.7 Å². The summed E-state index contributed by atoms with van der Waals surface area (Å²) in [7, 11) is 0. The van der Waals surface area contributed by atoms with Crippen LogP contribution in [-0.2, 0) is 4.79 Å². The van der Waals surface area contributed by atoms with Crippen molar-refractivity contribution in [3.05, 3.63) is 47.5 Å². The number of nitrogens with one attached hydrogen (secondary N) is 1. The lowest BCUT2D eigenvalue weighted by Gasteiger charge is -2.27. The van der Waals surface area contributed by atoms with Crippen LogP contribution < -0.4 is 19.5 Å². The molecule has 1 N–H and O–H groups in total. The fourth-order valence-corrected chi connectivity index (χ4v) is 3.32. The summed E-state index contributed by atoms with van der Waals surface area (Å²) in [6, 6.07) is 11.9. The molecular weight excluding hydrogens is 342 g/mol. The average Bonchev–Trinajstić information content (AvgIpc) is 2.67. The van der Waals surface area contributed by atoms with E-state index in [0.717, 1.165) is 29.0 Å². The van der Waals surface area contributed by atoms with Crippen LogP contribution in [-0.4, -0.2) is 25.7 Å². The van der Waals surface area contributed by atoms with Gasteiger partial charge in [0.2, 0.25) is 5.91 Å². The molecule has 5 heteroatoms. The highest BCUT2D eigenvalue weighted by Gasteiger charge is 2.28. The molecule has 27 heavy (non-hydrogen) atoms. The van der Waals surface area contributed by atoms with E-state index in [9.17, 15) is 4.79 Å². The van der Waals surface area contributed by atoms with Gasteiger partial charge in [0.05, 0.1) is 19.8 Å². The van der Waals surface area contributed by atoms with Gasteiger partial charge < -0.3 is 19.5 Å². The number of anilines is 1. The van der Waals surface area contributed by atoms with Gasteiger partial charge in [-0.25, -0.2) is 0 Å². The minimum atomic E-state index is -0.0242. The highest BCUT2D eigenvalue weighted by Crippen LogP contribution is 2.43. The molecule has 1 amide bonds. The second-order valence-corrected chi connectivity index (χ2v) is 6.47. The summed E-state index contributed by atoms with van der Waals surface area (Å²) in [5.74, 6) is 2.20. The maximum absolute atomic E-state index is 12.3. The summed E-state index contributed by atoms with van der Waals surface area (Å²) >= 11 is 0. The first kappa shape index (κ1) is 19.1. The van der Waals surface area contributed by atoms with Gasteiger partial charge in [-0.3, -0.25) is 4.79 Å². The summed E-state index contributed by atoms with van der Waals surface area (Å²) < 4.78 is 17.1. The van der Waals surface area contributed by atoms with Crippen LogP contribution in [0, 0.1) is 0 Å². The van der Waals surface area contributed by atoms with Crippen LogP contribution in [0.15, 0.2) is 36.4 Å². The number of hydrogen-bond donors (Lipinski definition) is 1. The quantitative estimate of drug-likeness (QED) is 0.730. The topological polar surface area (TPSA) is 56.8 Å². The van der Waals surface area contributed by atoms with Crippen molar-refractivity contribution in [3.63, 3.8) is 0 Å². The van der Waals surface area contributed by atoms with E-state index < -0.39 is 0 Å². The molecule has 0 spiro atoms. The molecule has 0 radical (unpaired) electrons. The van der Waals surface area contributed by atoms with E-state index in [4.69, 9.17) is 14.2 Å². The largest absolute Gasteiger partial charge is 0.494 e. The van der Waals surface area contributed by atoms with Crippen LogP contribution in [0.5, 0.6) is 17.2 Å². The van der Waals surface area contributed by atoms with Crippen molar-refractivity contribution in [2.24, 2.45) is 0 Å². The number of hydrogen-bond acceptors (Lipinski definition) is 4. The average molecular weight is 369 g/mol. The molecule has 3 rings (SSSR count). The number of carbonyl (C=O) groups excluding carboxylic acids is 1. The van der Waals surface area contributed by atoms with E-state index in [-0.39, 0.29) is 11.8 Å². The number of amides is 1. The number of fused-ring (bicyclic) bond motifs is 1. The zero-order valence-electron chi connectivity index (χ0n) is 16.2. The summed E-state index contributed by atoms with van der Waals surface area (Å²) in [5, 5.41) is 2.97. The predicted molar refractivity (Wildman–Crippen MR) is 106 cm³/mol. The molecule has 5 nitrogen and oxygen atoms in total. The van der Waals surface area contributed by atoms with Crippen molar-refractivity contribution in [2.45, 2.75) is 39.5 Å². The van der Waals surface area contributed by atoms with Gasteiger partial charge in [-0.05, 0) is 49.6 Å². The van der Waals surface area contributed by atoms with Crippen LogP contribution in [0.25, 0.3) is 0 Å². The minimum Gasteiger partial charge on any atom is -0.494 e. The molecule has 144 valence electrons. The molecular formula is C22H27NO4. The third-order valence-electron chi connectivity index (χ3n) is 4.51. The second kappa shape index (κ2) is 8.80. The number of ether oxygens (including phenoxy) is 3. The van der Waals surface area contributed by atoms with E-state index in [0.29, 0.717) is 37.7 Å². The fraction of sp³-hybridized carbons (Fsp3) is 0.409. The Morgan fingerprint density at radius 1 is 0.963 bits per heavy atom. The molecule has 1 atom stereocenters. The maximum atomic E-state index is 12.3. The van der Waals surface area contributed by atoms with Crippen LogP contribution in [0.2, 0.25) is 0 Å². The third-order valence-corrected chi connectivity index (χ3v) is 4.51. The number of rotatable bonds is 8. The van der Waals surface area contributed by atoms with Gasteiger partial charge >= 0.3 is 0 Å². The standard InChI is InChI=1S/C22H27NO4/c1-4-11-27-16-9-7-15(8-10-16)17-13-22(24)23-19-14-21(26-6-3)20(25-5-2)12-18(17)19/h7-10,12,14,17H,4-6,11,13H2,1-3H3,(H,23,24)/t17-/m1/s1. The summed E-state index contributed by atoms with van der Waals surface area (Å²) in [6.07, 6.45) is 1.38. The molecule has 0 fully saturated rings. The highest BCUT2D eigenvalue weighted by atomic mass is 16.5. The van der Waals surface area contributed by atoms with Gasteiger partial charge in [-0.2, -0.15) is 0 Å². The Bertz CT molecular complexity index is 786. The molecule has 0 aliphatic carbocycles. The Labute approximate surface area is 160 Å². The monoisotopic (exact) mass is 369 g/mol. The Morgan fingerprint density at radius 2 is 1.63 bits per heavy atom. The van der Waals surface area contributed by atoms with E-state index in [1.165, 1.54) is 0 Å². The van der Waals surface area contributed by atoms with Crippen molar-refractivity contribution < 1.29 is 19.0 Å². The van der Waals surface area contributed by atoms with Gasteiger partial charge in [-0.1, -0.05) is 19.1 Å². The third kappa shape index (κ3) is 4.35. The Balaban J connectivity index is 1.96. The maximum Gasteiger partial charge on any atom is 0.225 e. The summed E-state index contributed by atoms with van der Waals surface area (Å²) in [4.78, 5) is 12.3. The van der Waals surface area contributed by atoms with Crippen LogP contribution in [0.4, 0.5) is 5.69 Å². The predicted octanol–water partition coefficient (Wildman–Crippen LogP) is 4.75. The van der Waals surface area contributed by atoms with Gasteiger partial charge in [0.25, 0.3) is 0 Å². The second-order valence-electron chi connectivity index (χ2n) is 6.47. The highest BCUT2D eigenvalue weighted by molar-refractivity contribution is 5.96. The smallest absolute Gasteiger partial charge is 0.225 e. The first-order chi connectivity index (χ1) is 13.2.